The number of esters is 1. The van der Waals surface area contributed by atoms with Crippen LogP contribution in [0.3, 0.4) is 0 Å². The van der Waals surface area contributed by atoms with Gasteiger partial charge in [0.25, 0.3) is 0 Å². The number of rotatable bonds is 5. The number of nitrogens with two attached hydrogens (primary N) is 1. The summed E-state index contributed by atoms with van der Waals surface area (Å²) >= 11 is 0. The summed E-state index contributed by atoms with van der Waals surface area (Å²) in [6.45, 7) is 1.65. The Balaban J connectivity index is 2.54. The number of carboxylic acid groups (broad SMARTS) is 1. The lowest BCUT2D eigenvalue weighted by Crippen LogP contribution is -2.26. The Morgan fingerprint density at radius 1 is 1.35 bits per heavy atom. The zero-order chi connectivity index (χ0) is 12.8. The van der Waals surface area contributed by atoms with Gasteiger partial charge < -0.3 is 15.6 Å². The molecule has 0 amide bonds. The number of ether oxygens (including phenoxy) is 1. The fraction of sp³-hybridized carbons (Fsp3) is 0.333. The first-order valence-corrected chi connectivity index (χ1v) is 5.29. The lowest BCUT2D eigenvalue weighted by Gasteiger charge is -2.11. The number of anilines is 1. The summed E-state index contributed by atoms with van der Waals surface area (Å²) in [6, 6.07) is 6.77. The molecule has 1 unspecified atom stereocenters. The van der Waals surface area contributed by atoms with Crippen molar-refractivity contribution in [3.05, 3.63) is 29.8 Å². The SMILES string of the molecule is CCC(OC(=O)Cc1ccc(N)cc1)C(=O)O. The van der Waals surface area contributed by atoms with Gasteiger partial charge in [-0.25, -0.2) is 4.79 Å². The molecule has 0 bridgehead atoms. The van der Waals surface area contributed by atoms with Crippen LogP contribution < -0.4 is 5.73 Å². The predicted molar refractivity (Wildman–Crippen MR) is 62.4 cm³/mol. The highest BCUT2D eigenvalue weighted by Crippen LogP contribution is 2.08. The van der Waals surface area contributed by atoms with Crippen LogP contribution in [0.4, 0.5) is 5.69 Å². The minimum atomic E-state index is -1.13. The van der Waals surface area contributed by atoms with E-state index < -0.39 is 18.0 Å². The molecule has 1 rings (SSSR count). The van der Waals surface area contributed by atoms with E-state index in [-0.39, 0.29) is 12.8 Å². The van der Waals surface area contributed by atoms with E-state index in [0.29, 0.717) is 5.69 Å². The van der Waals surface area contributed by atoms with Crippen molar-refractivity contribution in [2.45, 2.75) is 25.9 Å². The number of aliphatic carboxylic acids is 1. The van der Waals surface area contributed by atoms with Crippen LogP contribution in [-0.2, 0) is 20.7 Å². The van der Waals surface area contributed by atoms with Crippen molar-refractivity contribution in [3.63, 3.8) is 0 Å². The average Bonchev–Trinajstić information content (AvgIpc) is 2.28. The molecule has 0 saturated heterocycles. The molecule has 1 aromatic carbocycles. The summed E-state index contributed by atoms with van der Waals surface area (Å²) in [5, 5.41) is 8.73. The first-order chi connectivity index (χ1) is 8.02. The summed E-state index contributed by atoms with van der Waals surface area (Å²) in [7, 11) is 0. The number of benzene rings is 1. The second-order valence-corrected chi connectivity index (χ2v) is 3.64. The molecule has 0 aromatic heterocycles. The lowest BCUT2D eigenvalue weighted by molar-refractivity contribution is -0.163. The Bertz CT molecular complexity index is 399. The fourth-order valence-corrected chi connectivity index (χ4v) is 1.31. The largest absolute Gasteiger partial charge is 0.479 e. The highest BCUT2D eigenvalue weighted by Gasteiger charge is 2.19. The van der Waals surface area contributed by atoms with Crippen LogP contribution >= 0.6 is 0 Å². The van der Waals surface area contributed by atoms with Crippen LogP contribution in [0.15, 0.2) is 24.3 Å². The molecule has 5 nitrogen and oxygen atoms in total. The van der Waals surface area contributed by atoms with Gasteiger partial charge in [-0.15, -0.1) is 0 Å². The van der Waals surface area contributed by atoms with Crippen LogP contribution in [0, 0.1) is 0 Å². The van der Waals surface area contributed by atoms with Crippen molar-refractivity contribution in [1.29, 1.82) is 0 Å². The molecule has 1 atom stereocenters. The average molecular weight is 237 g/mol. The van der Waals surface area contributed by atoms with Gasteiger partial charge in [-0.1, -0.05) is 19.1 Å². The Kier molecular flexibility index (Phi) is 4.51. The zero-order valence-corrected chi connectivity index (χ0v) is 9.55. The molecule has 0 radical (unpaired) electrons. The molecule has 1 aromatic rings. The van der Waals surface area contributed by atoms with Gasteiger partial charge in [-0.05, 0) is 24.1 Å². The van der Waals surface area contributed by atoms with Gasteiger partial charge in [0.15, 0.2) is 6.10 Å². The van der Waals surface area contributed by atoms with E-state index in [1.54, 1.807) is 31.2 Å². The van der Waals surface area contributed by atoms with E-state index in [9.17, 15) is 9.59 Å². The minimum absolute atomic E-state index is 0.0457. The van der Waals surface area contributed by atoms with Crippen molar-refractivity contribution in [2.75, 3.05) is 5.73 Å². The topological polar surface area (TPSA) is 89.6 Å². The van der Waals surface area contributed by atoms with Crippen molar-refractivity contribution >= 4 is 17.6 Å². The van der Waals surface area contributed by atoms with Crippen LogP contribution in [-0.4, -0.2) is 23.1 Å². The normalized spacial score (nSPS) is 11.8. The number of hydrogen-bond acceptors (Lipinski definition) is 4. The molecule has 17 heavy (non-hydrogen) atoms. The van der Waals surface area contributed by atoms with Crippen molar-refractivity contribution in [1.82, 2.24) is 0 Å². The van der Waals surface area contributed by atoms with E-state index >= 15 is 0 Å². The monoisotopic (exact) mass is 237 g/mol. The summed E-state index contributed by atoms with van der Waals surface area (Å²) in [6.07, 6.45) is -0.774. The molecule has 0 fully saturated rings. The van der Waals surface area contributed by atoms with E-state index in [1.165, 1.54) is 0 Å². The number of carbonyl (C=O) groups is 2. The van der Waals surface area contributed by atoms with Crippen LogP contribution in [0.2, 0.25) is 0 Å². The summed E-state index contributed by atoms with van der Waals surface area (Å²) < 4.78 is 4.83. The highest BCUT2D eigenvalue weighted by atomic mass is 16.6. The Morgan fingerprint density at radius 2 is 1.94 bits per heavy atom. The third kappa shape index (κ3) is 4.14. The molecule has 0 spiro atoms. The number of carbonyl (C=O) groups excluding carboxylic acids is 1. The van der Waals surface area contributed by atoms with E-state index in [4.69, 9.17) is 15.6 Å². The molecule has 0 aliphatic carbocycles. The third-order valence-electron chi connectivity index (χ3n) is 2.25. The third-order valence-corrected chi connectivity index (χ3v) is 2.25. The Morgan fingerprint density at radius 3 is 2.41 bits per heavy atom. The Hall–Kier alpha value is -2.04. The fourth-order valence-electron chi connectivity index (χ4n) is 1.31. The molecular formula is C12H15NO4. The molecule has 0 aliphatic heterocycles. The van der Waals surface area contributed by atoms with Crippen molar-refractivity contribution < 1.29 is 19.4 Å². The zero-order valence-electron chi connectivity index (χ0n) is 9.55. The van der Waals surface area contributed by atoms with E-state index in [1.807, 2.05) is 0 Å². The second-order valence-electron chi connectivity index (χ2n) is 3.64. The summed E-state index contributed by atoms with van der Waals surface area (Å²) in [5.74, 6) is -1.68. The van der Waals surface area contributed by atoms with E-state index in [0.717, 1.165) is 5.56 Å². The maximum Gasteiger partial charge on any atom is 0.345 e. The Labute approximate surface area is 99.2 Å². The van der Waals surface area contributed by atoms with Crippen molar-refractivity contribution in [2.24, 2.45) is 0 Å². The standard InChI is InChI=1S/C12H15NO4/c1-2-10(12(15)16)17-11(14)7-8-3-5-9(13)6-4-8/h3-6,10H,2,7,13H2,1H3,(H,15,16). The molecule has 5 heteroatoms. The molecule has 3 N–H and O–H groups in total. The van der Waals surface area contributed by atoms with Crippen LogP contribution in [0.1, 0.15) is 18.9 Å². The van der Waals surface area contributed by atoms with Crippen LogP contribution in [0.25, 0.3) is 0 Å². The first kappa shape index (κ1) is 13.0. The number of nitrogen functional groups attached to an aromatic ring is 1. The van der Waals surface area contributed by atoms with Gasteiger partial charge in [-0.2, -0.15) is 0 Å². The maximum atomic E-state index is 11.5. The summed E-state index contributed by atoms with van der Waals surface area (Å²) in [5.41, 5.74) is 6.86. The second kappa shape index (κ2) is 5.89. The molecule has 0 heterocycles. The highest BCUT2D eigenvalue weighted by molar-refractivity contribution is 5.79. The van der Waals surface area contributed by atoms with Gasteiger partial charge in [0.2, 0.25) is 0 Å². The molecule has 0 aliphatic rings. The lowest BCUT2D eigenvalue weighted by atomic mass is 10.1. The van der Waals surface area contributed by atoms with Crippen LogP contribution in [0.5, 0.6) is 0 Å². The number of hydrogen-bond donors (Lipinski definition) is 2. The van der Waals surface area contributed by atoms with E-state index in [2.05, 4.69) is 0 Å². The maximum absolute atomic E-state index is 11.5. The van der Waals surface area contributed by atoms with Gasteiger partial charge in [0.1, 0.15) is 0 Å². The van der Waals surface area contributed by atoms with Gasteiger partial charge in [-0.3, -0.25) is 4.79 Å². The predicted octanol–water partition coefficient (Wildman–Crippen LogP) is 1.22. The van der Waals surface area contributed by atoms with Gasteiger partial charge in [0.05, 0.1) is 6.42 Å². The number of carboxylic acids is 1. The van der Waals surface area contributed by atoms with Gasteiger partial charge >= 0.3 is 11.9 Å². The molecular weight excluding hydrogens is 222 g/mol. The smallest absolute Gasteiger partial charge is 0.345 e. The van der Waals surface area contributed by atoms with Crippen molar-refractivity contribution in [3.8, 4) is 0 Å². The quantitative estimate of drug-likeness (QED) is 0.593. The van der Waals surface area contributed by atoms with Gasteiger partial charge in [0, 0.05) is 5.69 Å². The minimum Gasteiger partial charge on any atom is -0.479 e. The molecule has 92 valence electrons. The molecule has 0 saturated carbocycles. The summed E-state index contributed by atoms with van der Waals surface area (Å²) in [4.78, 5) is 22.1. The first-order valence-electron chi connectivity index (χ1n) is 5.29.